The summed E-state index contributed by atoms with van der Waals surface area (Å²) in [4.78, 5) is 40.7. The minimum Gasteiger partial charge on any atom is -0.287 e. The van der Waals surface area contributed by atoms with Gasteiger partial charge in [0.25, 0.3) is 5.56 Å². The second-order valence-electron chi connectivity index (χ2n) is 4.28. The number of urea groups is 1. The van der Waals surface area contributed by atoms with E-state index in [4.69, 9.17) is 0 Å². The van der Waals surface area contributed by atoms with Gasteiger partial charge in [0.1, 0.15) is 11.3 Å². The Labute approximate surface area is 121 Å². The van der Waals surface area contributed by atoms with Crippen molar-refractivity contribution in [3.63, 3.8) is 0 Å². The molecule has 1 saturated heterocycles. The Balaban J connectivity index is 2.13. The average Bonchev–Trinajstić information content (AvgIpc) is 2.41. The Morgan fingerprint density at radius 2 is 2.05 bits per heavy atom. The highest BCUT2D eigenvalue weighted by molar-refractivity contribution is 9.10. The fourth-order valence-electron chi connectivity index (χ4n) is 2.02. The number of fused-ring (bicyclic) bond motifs is 1. The summed E-state index contributed by atoms with van der Waals surface area (Å²) in [5, 5.41) is 2.18. The van der Waals surface area contributed by atoms with Crippen LogP contribution >= 0.6 is 15.9 Å². The second-order valence-corrected chi connectivity index (χ2v) is 5.19. The van der Waals surface area contributed by atoms with Gasteiger partial charge in [0.05, 0.1) is 6.20 Å². The molecule has 1 aliphatic heterocycles. The Bertz CT molecular complexity index is 786. The summed E-state index contributed by atoms with van der Waals surface area (Å²) in [6, 6.07) is 2.86. The maximum absolute atomic E-state index is 12.4. The summed E-state index contributed by atoms with van der Waals surface area (Å²) in [5.74, 6) is -0.345. The van der Waals surface area contributed by atoms with Crippen molar-refractivity contribution in [2.24, 2.45) is 0 Å². The van der Waals surface area contributed by atoms with E-state index in [1.807, 2.05) is 0 Å². The van der Waals surface area contributed by atoms with Gasteiger partial charge in [-0.1, -0.05) is 0 Å². The molecule has 2 aromatic heterocycles. The van der Waals surface area contributed by atoms with E-state index in [-0.39, 0.29) is 30.1 Å². The zero-order valence-corrected chi connectivity index (χ0v) is 11.8. The van der Waals surface area contributed by atoms with Crippen LogP contribution in [0.3, 0.4) is 0 Å². The average molecular weight is 337 g/mol. The monoisotopic (exact) mass is 336 g/mol. The van der Waals surface area contributed by atoms with Gasteiger partial charge in [-0.3, -0.25) is 24.2 Å². The second kappa shape index (κ2) is 4.71. The van der Waals surface area contributed by atoms with Crippen LogP contribution in [0.2, 0.25) is 0 Å². The summed E-state index contributed by atoms with van der Waals surface area (Å²) in [6.07, 6.45) is 3.09. The lowest BCUT2D eigenvalue weighted by atomic mass is 10.3. The van der Waals surface area contributed by atoms with Crippen LogP contribution in [0.5, 0.6) is 0 Å². The highest BCUT2D eigenvalue weighted by Crippen LogP contribution is 2.14. The number of carbonyl (C=O) groups is 2. The molecule has 0 aromatic carbocycles. The van der Waals surface area contributed by atoms with Gasteiger partial charge in [0, 0.05) is 23.6 Å². The van der Waals surface area contributed by atoms with Crippen molar-refractivity contribution in [2.45, 2.75) is 6.42 Å². The first-order valence-corrected chi connectivity index (χ1v) is 6.64. The molecule has 102 valence electrons. The minimum absolute atomic E-state index is 0.144. The minimum atomic E-state index is -0.602. The predicted molar refractivity (Wildman–Crippen MR) is 74.7 cm³/mol. The predicted octanol–water partition coefficient (Wildman–Crippen LogP) is 0.903. The smallest absolute Gasteiger partial charge is 0.287 e. The lowest BCUT2D eigenvalue weighted by molar-refractivity contribution is -0.120. The molecule has 2 aromatic rings. The van der Waals surface area contributed by atoms with Crippen LogP contribution in [-0.2, 0) is 4.79 Å². The molecule has 3 amide bonds. The van der Waals surface area contributed by atoms with Crippen molar-refractivity contribution in [3.8, 4) is 0 Å². The first kappa shape index (κ1) is 12.8. The number of hydrogen-bond donors (Lipinski definition) is 1. The molecule has 1 aliphatic rings. The molecule has 0 spiro atoms. The first-order chi connectivity index (χ1) is 9.56. The molecule has 20 heavy (non-hydrogen) atoms. The van der Waals surface area contributed by atoms with Crippen LogP contribution in [0, 0.1) is 0 Å². The molecule has 0 aliphatic carbocycles. The molecule has 0 saturated carbocycles. The third-order valence-electron chi connectivity index (χ3n) is 2.99. The number of anilines is 1. The van der Waals surface area contributed by atoms with Crippen LogP contribution in [0.15, 0.2) is 33.8 Å². The van der Waals surface area contributed by atoms with Gasteiger partial charge in [-0.15, -0.1) is 0 Å². The molecule has 0 radical (unpaired) electrons. The Morgan fingerprint density at radius 3 is 2.80 bits per heavy atom. The fraction of sp³-hybridized carbons (Fsp3) is 0.167. The Hall–Kier alpha value is -2.22. The lowest BCUT2D eigenvalue weighted by Gasteiger charge is -2.25. The number of nitrogens with one attached hydrogen (secondary N) is 1. The molecule has 0 unspecified atom stereocenters. The third-order valence-corrected chi connectivity index (χ3v) is 3.46. The maximum Gasteiger partial charge on any atom is 0.328 e. The molecule has 0 atom stereocenters. The van der Waals surface area contributed by atoms with Crippen molar-refractivity contribution in [1.82, 2.24) is 14.7 Å². The highest BCUT2D eigenvalue weighted by Gasteiger charge is 2.26. The first-order valence-electron chi connectivity index (χ1n) is 5.84. The number of carbonyl (C=O) groups excluding carboxylic acids is 2. The van der Waals surface area contributed by atoms with Crippen LogP contribution in [-0.4, -0.2) is 27.9 Å². The van der Waals surface area contributed by atoms with E-state index in [9.17, 15) is 14.4 Å². The van der Waals surface area contributed by atoms with Gasteiger partial charge in [-0.25, -0.2) is 9.78 Å². The maximum atomic E-state index is 12.4. The molecule has 3 heterocycles. The van der Waals surface area contributed by atoms with Crippen LogP contribution in [0.1, 0.15) is 6.42 Å². The van der Waals surface area contributed by atoms with Crippen molar-refractivity contribution in [2.75, 3.05) is 11.4 Å². The summed E-state index contributed by atoms with van der Waals surface area (Å²) in [5.41, 5.74) is 0.266. The Morgan fingerprint density at radius 1 is 1.25 bits per heavy atom. The number of pyridine rings is 1. The molecule has 1 fully saturated rings. The topological polar surface area (TPSA) is 83.8 Å². The highest BCUT2D eigenvalue weighted by atomic mass is 79.9. The molecule has 7 nitrogen and oxygen atoms in total. The van der Waals surface area contributed by atoms with E-state index >= 15 is 0 Å². The zero-order valence-electron chi connectivity index (χ0n) is 10.2. The number of imide groups is 1. The fourth-order valence-corrected chi connectivity index (χ4v) is 2.36. The number of nitrogens with zero attached hydrogens (tertiary/aromatic N) is 3. The van der Waals surface area contributed by atoms with Gasteiger partial charge >= 0.3 is 6.03 Å². The van der Waals surface area contributed by atoms with Gasteiger partial charge in [0.2, 0.25) is 5.91 Å². The van der Waals surface area contributed by atoms with E-state index in [0.717, 1.165) is 4.47 Å². The number of aromatic nitrogens is 2. The van der Waals surface area contributed by atoms with Gasteiger partial charge in [-0.05, 0) is 28.1 Å². The van der Waals surface area contributed by atoms with Crippen LogP contribution in [0.4, 0.5) is 10.5 Å². The van der Waals surface area contributed by atoms with Crippen molar-refractivity contribution in [1.29, 1.82) is 0 Å². The van der Waals surface area contributed by atoms with Crippen molar-refractivity contribution in [3.05, 3.63) is 39.4 Å². The molecular formula is C12H9BrN4O3. The molecule has 8 heteroatoms. The van der Waals surface area contributed by atoms with E-state index in [1.165, 1.54) is 15.5 Å². The van der Waals surface area contributed by atoms with E-state index in [1.54, 1.807) is 18.3 Å². The van der Waals surface area contributed by atoms with Gasteiger partial charge in [-0.2, -0.15) is 0 Å². The zero-order chi connectivity index (χ0) is 14.3. The summed E-state index contributed by atoms with van der Waals surface area (Å²) in [6.45, 7) is 0.168. The van der Waals surface area contributed by atoms with Crippen molar-refractivity contribution >= 4 is 39.2 Å². The molecular weight excluding hydrogens is 328 g/mol. The largest absolute Gasteiger partial charge is 0.328 e. The number of rotatable bonds is 1. The summed E-state index contributed by atoms with van der Waals surface area (Å²) in [7, 11) is 0. The standard InChI is InChI=1S/C12H9BrN4O3/c13-7-1-2-9-14-5-8(11(19)17(9)6-7)16-4-3-10(18)15-12(16)20/h1-2,5-6H,3-4H2,(H,15,18,20). The normalized spacial score (nSPS) is 15.6. The SMILES string of the molecule is O=C1CCN(c2cnc3ccc(Br)cn3c2=O)C(=O)N1. The molecule has 1 N–H and O–H groups in total. The van der Waals surface area contributed by atoms with Crippen LogP contribution < -0.4 is 15.8 Å². The third kappa shape index (κ3) is 2.07. The number of amides is 3. The molecule has 0 bridgehead atoms. The van der Waals surface area contributed by atoms with Gasteiger partial charge in [0.15, 0.2) is 0 Å². The van der Waals surface area contributed by atoms with Crippen molar-refractivity contribution < 1.29 is 9.59 Å². The van der Waals surface area contributed by atoms with E-state index in [2.05, 4.69) is 26.2 Å². The number of halogens is 1. The Kier molecular flexibility index (Phi) is 3.01. The van der Waals surface area contributed by atoms with Gasteiger partial charge < -0.3 is 0 Å². The van der Waals surface area contributed by atoms with E-state index < -0.39 is 6.03 Å². The summed E-state index contributed by atoms with van der Waals surface area (Å²) < 4.78 is 2.08. The summed E-state index contributed by atoms with van der Waals surface area (Å²) >= 11 is 3.28. The van der Waals surface area contributed by atoms with E-state index in [0.29, 0.717) is 5.65 Å². The molecule has 3 rings (SSSR count). The van der Waals surface area contributed by atoms with Crippen LogP contribution in [0.25, 0.3) is 5.65 Å². The lowest BCUT2D eigenvalue weighted by Crippen LogP contribution is -2.51. The quantitative estimate of drug-likeness (QED) is 0.838. The number of hydrogen-bond acceptors (Lipinski definition) is 4.